The van der Waals surface area contributed by atoms with E-state index in [4.69, 9.17) is 0 Å². The highest BCUT2D eigenvalue weighted by atomic mass is 32.2. The molecule has 21 heavy (non-hydrogen) atoms. The standard InChI is InChI=1S/C16H23N3OS/c20-16(10-14-12-21-9-7-17-14)18-13-6-8-19(11-13)15-4-2-1-3-5-15/h1-5,13-14,17H,6-12H2,(H,18,20). The summed E-state index contributed by atoms with van der Waals surface area (Å²) in [6, 6.07) is 11.1. The molecule has 0 bridgehead atoms. The Labute approximate surface area is 130 Å². The van der Waals surface area contributed by atoms with E-state index in [1.165, 1.54) is 5.69 Å². The molecule has 2 N–H and O–H groups in total. The number of para-hydroxylation sites is 1. The van der Waals surface area contributed by atoms with Crippen LogP contribution in [0.5, 0.6) is 0 Å². The molecule has 0 saturated carbocycles. The zero-order valence-corrected chi connectivity index (χ0v) is 13.1. The van der Waals surface area contributed by atoms with Gasteiger partial charge in [0.1, 0.15) is 0 Å². The van der Waals surface area contributed by atoms with Crippen LogP contribution in [-0.4, -0.2) is 49.1 Å². The molecule has 114 valence electrons. The van der Waals surface area contributed by atoms with Crippen LogP contribution in [0.25, 0.3) is 0 Å². The molecule has 0 radical (unpaired) electrons. The molecule has 2 unspecified atom stereocenters. The van der Waals surface area contributed by atoms with Crippen molar-refractivity contribution in [3.05, 3.63) is 30.3 Å². The summed E-state index contributed by atoms with van der Waals surface area (Å²) in [5.41, 5.74) is 1.25. The van der Waals surface area contributed by atoms with Crippen LogP contribution in [0.2, 0.25) is 0 Å². The first kappa shape index (κ1) is 14.7. The summed E-state index contributed by atoms with van der Waals surface area (Å²) in [7, 11) is 0. The summed E-state index contributed by atoms with van der Waals surface area (Å²) in [6.07, 6.45) is 1.64. The molecule has 2 fully saturated rings. The lowest BCUT2D eigenvalue weighted by Gasteiger charge is -2.23. The van der Waals surface area contributed by atoms with Crippen LogP contribution >= 0.6 is 11.8 Å². The van der Waals surface area contributed by atoms with E-state index in [1.54, 1.807) is 0 Å². The lowest BCUT2D eigenvalue weighted by Crippen LogP contribution is -2.44. The van der Waals surface area contributed by atoms with Crippen LogP contribution in [0.4, 0.5) is 5.69 Å². The molecular formula is C16H23N3OS. The highest BCUT2D eigenvalue weighted by molar-refractivity contribution is 7.99. The van der Waals surface area contributed by atoms with Gasteiger partial charge in [0, 0.05) is 55.3 Å². The first-order chi connectivity index (χ1) is 10.3. The fourth-order valence-electron chi connectivity index (χ4n) is 3.01. The number of thioether (sulfide) groups is 1. The quantitative estimate of drug-likeness (QED) is 0.884. The molecule has 5 heteroatoms. The molecule has 2 aliphatic rings. The van der Waals surface area contributed by atoms with Crippen LogP contribution in [-0.2, 0) is 4.79 Å². The number of nitrogens with zero attached hydrogens (tertiary/aromatic N) is 1. The normalized spacial score (nSPS) is 25.8. The van der Waals surface area contributed by atoms with Crippen LogP contribution in [0.3, 0.4) is 0 Å². The first-order valence-corrected chi connectivity index (χ1v) is 8.87. The highest BCUT2D eigenvalue weighted by Gasteiger charge is 2.25. The number of carbonyl (C=O) groups excluding carboxylic acids is 1. The Morgan fingerprint density at radius 3 is 3.00 bits per heavy atom. The topological polar surface area (TPSA) is 44.4 Å². The molecule has 2 aliphatic heterocycles. The SMILES string of the molecule is O=C(CC1CSCCN1)NC1CCN(c2ccccc2)C1. The minimum absolute atomic E-state index is 0.190. The Bertz CT molecular complexity index is 462. The van der Waals surface area contributed by atoms with E-state index in [0.29, 0.717) is 12.5 Å². The van der Waals surface area contributed by atoms with E-state index < -0.39 is 0 Å². The van der Waals surface area contributed by atoms with Crippen LogP contribution in [0.15, 0.2) is 30.3 Å². The Balaban J connectivity index is 1.45. The zero-order valence-electron chi connectivity index (χ0n) is 12.3. The van der Waals surface area contributed by atoms with E-state index >= 15 is 0 Å². The fourth-order valence-corrected chi connectivity index (χ4v) is 3.96. The minimum atomic E-state index is 0.190. The molecule has 2 saturated heterocycles. The number of hydrogen-bond acceptors (Lipinski definition) is 4. The largest absolute Gasteiger partial charge is 0.369 e. The fraction of sp³-hybridized carbons (Fsp3) is 0.562. The Kier molecular flexibility index (Phi) is 5.04. The van der Waals surface area contributed by atoms with Gasteiger partial charge in [0.15, 0.2) is 0 Å². The molecule has 3 rings (SSSR count). The van der Waals surface area contributed by atoms with Crippen molar-refractivity contribution in [2.45, 2.75) is 24.9 Å². The molecule has 1 aromatic carbocycles. The first-order valence-electron chi connectivity index (χ1n) is 7.72. The van der Waals surface area contributed by atoms with Crippen molar-refractivity contribution < 1.29 is 4.79 Å². The molecule has 0 aromatic heterocycles. The third-order valence-corrected chi connectivity index (χ3v) is 5.24. The van der Waals surface area contributed by atoms with Crippen LogP contribution < -0.4 is 15.5 Å². The summed E-state index contributed by atoms with van der Waals surface area (Å²) in [5.74, 6) is 2.40. The van der Waals surface area contributed by atoms with Gasteiger partial charge in [-0.25, -0.2) is 0 Å². The average Bonchev–Trinajstić information content (AvgIpc) is 2.97. The van der Waals surface area contributed by atoms with E-state index in [1.807, 2.05) is 17.8 Å². The second kappa shape index (κ2) is 7.18. The number of amides is 1. The van der Waals surface area contributed by atoms with Crippen LogP contribution in [0.1, 0.15) is 12.8 Å². The molecular weight excluding hydrogens is 282 g/mol. The number of anilines is 1. The number of rotatable bonds is 4. The summed E-state index contributed by atoms with van der Waals surface area (Å²) in [6.45, 7) is 2.96. The van der Waals surface area contributed by atoms with Gasteiger partial charge in [-0.05, 0) is 18.6 Å². The molecule has 1 aromatic rings. The molecule has 2 heterocycles. The Morgan fingerprint density at radius 2 is 2.24 bits per heavy atom. The molecule has 0 spiro atoms. The average molecular weight is 305 g/mol. The van der Waals surface area contributed by atoms with Gasteiger partial charge in [-0.2, -0.15) is 11.8 Å². The van der Waals surface area contributed by atoms with Gasteiger partial charge in [0.2, 0.25) is 5.91 Å². The van der Waals surface area contributed by atoms with Gasteiger partial charge in [0.25, 0.3) is 0 Å². The van der Waals surface area contributed by atoms with Crippen LogP contribution in [0, 0.1) is 0 Å². The van der Waals surface area contributed by atoms with Gasteiger partial charge >= 0.3 is 0 Å². The molecule has 1 amide bonds. The van der Waals surface area contributed by atoms with E-state index in [0.717, 1.165) is 37.6 Å². The van der Waals surface area contributed by atoms with E-state index in [9.17, 15) is 4.79 Å². The second-order valence-corrected chi connectivity index (χ2v) is 6.91. The maximum Gasteiger partial charge on any atom is 0.221 e. The number of nitrogens with one attached hydrogen (secondary N) is 2. The summed E-state index contributed by atoms with van der Waals surface area (Å²) in [4.78, 5) is 14.5. The molecule has 4 nitrogen and oxygen atoms in total. The maximum atomic E-state index is 12.1. The smallest absolute Gasteiger partial charge is 0.221 e. The van der Waals surface area contributed by atoms with Crippen molar-refractivity contribution >= 4 is 23.4 Å². The van der Waals surface area contributed by atoms with Crippen molar-refractivity contribution in [1.29, 1.82) is 0 Å². The Hall–Kier alpha value is -1.20. The van der Waals surface area contributed by atoms with Gasteiger partial charge in [-0.3, -0.25) is 4.79 Å². The van der Waals surface area contributed by atoms with Crippen molar-refractivity contribution in [2.24, 2.45) is 0 Å². The predicted octanol–water partition coefficient (Wildman–Crippen LogP) is 1.48. The summed E-state index contributed by atoms with van der Waals surface area (Å²) < 4.78 is 0. The van der Waals surface area contributed by atoms with Crippen molar-refractivity contribution in [3.63, 3.8) is 0 Å². The van der Waals surface area contributed by atoms with Crippen molar-refractivity contribution in [3.8, 4) is 0 Å². The third kappa shape index (κ3) is 4.14. The zero-order chi connectivity index (χ0) is 14.5. The minimum Gasteiger partial charge on any atom is -0.369 e. The monoisotopic (exact) mass is 305 g/mol. The summed E-state index contributed by atoms with van der Waals surface area (Å²) >= 11 is 1.93. The number of benzene rings is 1. The molecule has 0 aliphatic carbocycles. The van der Waals surface area contributed by atoms with Gasteiger partial charge in [-0.15, -0.1) is 0 Å². The number of hydrogen-bond donors (Lipinski definition) is 2. The van der Waals surface area contributed by atoms with Gasteiger partial charge < -0.3 is 15.5 Å². The number of carbonyl (C=O) groups is 1. The lowest BCUT2D eigenvalue weighted by atomic mass is 10.2. The lowest BCUT2D eigenvalue weighted by molar-refractivity contribution is -0.122. The second-order valence-electron chi connectivity index (χ2n) is 5.76. The van der Waals surface area contributed by atoms with Gasteiger partial charge in [-0.1, -0.05) is 18.2 Å². The third-order valence-electron chi connectivity index (χ3n) is 4.10. The summed E-state index contributed by atoms with van der Waals surface area (Å²) in [5, 5.41) is 6.61. The predicted molar refractivity (Wildman–Crippen MR) is 88.9 cm³/mol. The molecule has 2 atom stereocenters. The Morgan fingerprint density at radius 1 is 1.38 bits per heavy atom. The highest BCUT2D eigenvalue weighted by Crippen LogP contribution is 2.20. The van der Waals surface area contributed by atoms with Gasteiger partial charge in [0.05, 0.1) is 0 Å². The van der Waals surface area contributed by atoms with Crippen molar-refractivity contribution in [1.82, 2.24) is 10.6 Å². The maximum absolute atomic E-state index is 12.1. The van der Waals surface area contributed by atoms with Crippen molar-refractivity contribution in [2.75, 3.05) is 36.0 Å². The van der Waals surface area contributed by atoms with E-state index in [2.05, 4.69) is 39.8 Å². The van der Waals surface area contributed by atoms with E-state index in [-0.39, 0.29) is 11.9 Å².